The van der Waals surface area contributed by atoms with E-state index in [4.69, 9.17) is 18.9 Å². The highest BCUT2D eigenvalue weighted by molar-refractivity contribution is 7.15. The van der Waals surface area contributed by atoms with Crippen LogP contribution < -0.4 is 24.3 Å². The zero-order chi connectivity index (χ0) is 23.6. The van der Waals surface area contributed by atoms with Crippen molar-refractivity contribution in [3.05, 3.63) is 52.5 Å². The number of hydrogen-bond donors (Lipinski definition) is 1. The van der Waals surface area contributed by atoms with Crippen molar-refractivity contribution >= 4 is 22.4 Å². The van der Waals surface area contributed by atoms with Crippen LogP contribution in [0.4, 0.5) is 5.13 Å². The molecule has 2 aromatic carbocycles. The van der Waals surface area contributed by atoms with Gasteiger partial charge in [0.2, 0.25) is 10.9 Å². The van der Waals surface area contributed by atoms with E-state index < -0.39 is 0 Å². The molecule has 3 aromatic rings. The maximum absolute atomic E-state index is 12.9. The molecule has 176 valence electrons. The average molecular weight is 472 g/mol. The second-order valence-electron chi connectivity index (χ2n) is 6.84. The number of aryl methyl sites for hydroxylation is 1. The summed E-state index contributed by atoms with van der Waals surface area (Å²) in [6.07, 6.45) is 0.978. The molecular weight excluding hydrogens is 442 g/mol. The largest absolute Gasteiger partial charge is 0.490 e. The molecule has 3 rings (SSSR count). The van der Waals surface area contributed by atoms with Crippen LogP contribution in [-0.2, 0) is 13.0 Å². The van der Waals surface area contributed by atoms with Gasteiger partial charge >= 0.3 is 0 Å². The van der Waals surface area contributed by atoms with Crippen LogP contribution >= 0.6 is 11.3 Å². The number of benzene rings is 2. The Morgan fingerprint density at radius 3 is 2.09 bits per heavy atom. The van der Waals surface area contributed by atoms with Gasteiger partial charge < -0.3 is 18.9 Å². The van der Waals surface area contributed by atoms with E-state index in [0.717, 1.165) is 12.2 Å². The van der Waals surface area contributed by atoms with E-state index in [1.54, 1.807) is 12.1 Å². The Kier molecular flexibility index (Phi) is 8.88. The Morgan fingerprint density at radius 1 is 0.879 bits per heavy atom. The van der Waals surface area contributed by atoms with Crippen molar-refractivity contribution in [1.29, 1.82) is 0 Å². The van der Waals surface area contributed by atoms with E-state index in [1.165, 1.54) is 16.9 Å². The highest BCUT2D eigenvalue weighted by atomic mass is 32.1. The minimum Gasteiger partial charge on any atom is -0.490 e. The second-order valence-corrected chi connectivity index (χ2v) is 7.90. The first-order valence-corrected chi connectivity index (χ1v) is 11.8. The Bertz CT molecular complexity index is 1030. The van der Waals surface area contributed by atoms with Gasteiger partial charge in [-0.25, -0.2) is 0 Å². The third-order valence-electron chi connectivity index (χ3n) is 4.55. The number of nitrogens with one attached hydrogen (secondary N) is 1. The van der Waals surface area contributed by atoms with E-state index in [1.807, 2.05) is 45.0 Å². The number of ether oxygens (including phenoxy) is 4. The van der Waals surface area contributed by atoms with E-state index in [9.17, 15) is 4.79 Å². The fraction of sp³-hybridized carbons (Fsp3) is 0.375. The Hall–Kier alpha value is -3.33. The molecule has 1 heterocycles. The number of rotatable bonds is 12. The average Bonchev–Trinajstić information content (AvgIpc) is 3.27. The predicted molar refractivity (Wildman–Crippen MR) is 128 cm³/mol. The summed E-state index contributed by atoms with van der Waals surface area (Å²) >= 11 is 1.26. The summed E-state index contributed by atoms with van der Waals surface area (Å²) in [6, 6.07) is 11.2. The summed E-state index contributed by atoms with van der Waals surface area (Å²) in [5.41, 5.74) is 1.62. The SMILES string of the molecule is CCOc1cc(C(=O)Nc2nnc(COc3ccc(CC)cc3)s2)cc(OCC)c1OCC. The summed E-state index contributed by atoms with van der Waals surface area (Å²) in [6.45, 7) is 9.29. The lowest BCUT2D eigenvalue weighted by molar-refractivity contribution is 0.102. The smallest absolute Gasteiger partial charge is 0.257 e. The first-order valence-electron chi connectivity index (χ1n) is 11.0. The van der Waals surface area contributed by atoms with Crippen molar-refractivity contribution < 1.29 is 23.7 Å². The van der Waals surface area contributed by atoms with Gasteiger partial charge in [0.25, 0.3) is 5.91 Å². The van der Waals surface area contributed by atoms with Crippen LogP contribution in [0, 0.1) is 0 Å². The summed E-state index contributed by atoms with van der Waals surface area (Å²) in [5, 5.41) is 12.0. The molecule has 0 aliphatic carbocycles. The molecule has 33 heavy (non-hydrogen) atoms. The molecule has 0 unspecified atom stereocenters. The van der Waals surface area contributed by atoms with Gasteiger partial charge in [-0.15, -0.1) is 10.2 Å². The third-order valence-corrected chi connectivity index (χ3v) is 5.36. The topological polar surface area (TPSA) is 91.8 Å². The predicted octanol–water partition coefficient (Wildman–Crippen LogP) is 5.13. The van der Waals surface area contributed by atoms with Gasteiger partial charge in [-0.2, -0.15) is 0 Å². The number of carbonyl (C=O) groups is 1. The minimum atomic E-state index is -0.348. The molecular formula is C24H29N3O5S. The Labute approximate surface area is 197 Å². The van der Waals surface area contributed by atoms with Crippen LogP contribution in [0.5, 0.6) is 23.0 Å². The number of nitrogens with zero attached hydrogens (tertiary/aromatic N) is 2. The molecule has 0 fully saturated rings. The van der Waals surface area contributed by atoms with Gasteiger partial charge in [0.1, 0.15) is 12.4 Å². The monoisotopic (exact) mass is 471 g/mol. The molecule has 1 aromatic heterocycles. The molecule has 0 atom stereocenters. The fourth-order valence-electron chi connectivity index (χ4n) is 3.02. The van der Waals surface area contributed by atoms with Crippen molar-refractivity contribution in [2.45, 2.75) is 40.7 Å². The lowest BCUT2D eigenvalue weighted by atomic mass is 10.1. The molecule has 0 saturated heterocycles. The molecule has 0 spiro atoms. The molecule has 1 N–H and O–H groups in total. The van der Waals surface area contributed by atoms with Gasteiger partial charge in [-0.05, 0) is 57.0 Å². The van der Waals surface area contributed by atoms with Crippen LogP contribution in [0.2, 0.25) is 0 Å². The minimum absolute atomic E-state index is 0.269. The van der Waals surface area contributed by atoms with E-state index >= 15 is 0 Å². The Morgan fingerprint density at radius 2 is 1.52 bits per heavy atom. The zero-order valence-corrected chi connectivity index (χ0v) is 20.2. The van der Waals surface area contributed by atoms with Gasteiger partial charge in [0.05, 0.1) is 19.8 Å². The number of aromatic nitrogens is 2. The van der Waals surface area contributed by atoms with Gasteiger partial charge in [0.15, 0.2) is 16.5 Å². The van der Waals surface area contributed by atoms with Crippen molar-refractivity contribution in [3.63, 3.8) is 0 Å². The lowest BCUT2D eigenvalue weighted by Crippen LogP contribution is -2.13. The van der Waals surface area contributed by atoms with Crippen LogP contribution in [0.3, 0.4) is 0 Å². The number of carbonyl (C=O) groups excluding carboxylic acids is 1. The van der Waals surface area contributed by atoms with Gasteiger partial charge in [0, 0.05) is 5.56 Å². The summed E-state index contributed by atoms with van der Waals surface area (Å²) < 4.78 is 22.8. The van der Waals surface area contributed by atoms with Crippen molar-refractivity contribution in [2.24, 2.45) is 0 Å². The van der Waals surface area contributed by atoms with Crippen molar-refractivity contribution in [1.82, 2.24) is 10.2 Å². The van der Waals surface area contributed by atoms with Gasteiger partial charge in [-0.1, -0.05) is 30.4 Å². The molecule has 0 aliphatic rings. The van der Waals surface area contributed by atoms with Crippen LogP contribution in [0.15, 0.2) is 36.4 Å². The molecule has 8 nitrogen and oxygen atoms in total. The van der Waals surface area contributed by atoms with Crippen molar-refractivity contribution in [2.75, 3.05) is 25.1 Å². The van der Waals surface area contributed by atoms with Crippen LogP contribution in [0.25, 0.3) is 0 Å². The lowest BCUT2D eigenvalue weighted by Gasteiger charge is -2.16. The number of anilines is 1. The van der Waals surface area contributed by atoms with Crippen LogP contribution in [-0.4, -0.2) is 35.9 Å². The standard InChI is InChI=1S/C24H29N3O5S/c1-5-16-9-11-18(12-10-16)32-15-21-26-27-24(33-21)25-23(28)17-13-19(29-6-2)22(31-8-4)20(14-17)30-7-3/h9-14H,5-8,15H2,1-4H3,(H,25,27,28). The highest BCUT2D eigenvalue weighted by Gasteiger charge is 2.19. The summed E-state index contributed by atoms with van der Waals surface area (Å²) in [5.74, 6) is 1.81. The maximum atomic E-state index is 12.9. The molecule has 9 heteroatoms. The maximum Gasteiger partial charge on any atom is 0.257 e. The van der Waals surface area contributed by atoms with Gasteiger partial charge in [-0.3, -0.25) is 10.1 Å². The molecule has 0 aliphatic heterocycles. The first kappa shape index (κ1) is 24.3. The van der Waals surface area contributed by atoms with Crippen LogP contribution in [0.1, 0.15) is 48.6 Å². The third kappa shape index (κ3) is 6.58. The van der Waals surface area contributed by atoms with Crippen molar-refractivity contribution in [3.8, 4) is 23.0 Å². The number of hydrogen-bond acceptors (Lipinski definition) is 8. The second kappa shape index (κ2) is 12.1. The molecule has 0 bridgehead atoms. The van der Waals surface area contributed by atoms with E-state index in [2.05, 4.69) is 22.4 Å². The quantitative estimate of drug-likeness (QED) is 0.392. The summed E-state index contributed by atoms with van der Waals surface area (Å²) in [4.78, 5) is 12.9. The first-order chi connectivity index (χ1) is 16.1. The molecule has 0 radical (unpaired) electrons. The highest BCUT2D eigenvalue weighted by Crippen LogP contribution is 2.39. The Balaban J connectivity index is 1.69. The normalized spacial score (nSPS) is 10.5. The van der Waals surface area contributed by atoms with E-state index in [0.29, 0.717) is 52.8 Å². The summed E-state index contributed by atoms with van der Waals surface area (Å²) in [7, 11) is 0. The zero-order valence-electron chi connectivity index (χ0n) is 19.3. The number of amides is 1. The fourth-order valence-corrected chi connectivity index (χ4v) is 3.67. The molecule has 0 saturated carbocycles. The van der Waals surface area contributed by atoms with E-state index in [-0.39, 0.29) is 12.5 Å². The molecule has 1 amide bonds.